The molecule has 0 aliphatic rings. The molecule has 0 bridgehead atoms. The molecule has 13 heavy (non-hydrogen) atoms. The standard InChI is InChI=1S/C10H8BrClO/c1-7(6-10(12)13)8-2-4-9(11)5-3-8/h2-6H,1H3/b7-6+. The van der Waals surface area contributed by atoms with Gasteiger partial charge in [0, 0.05) is 10.5 Å². The lowest BCUT2D eigenvalue weighted by Crippen LogP contribution is -1.83. The molecule has 0 saturated heterocycles. The van der Waals surface area contributed by atoms with Crippen molar-refractivity contribution in [3.05, 3.63) is 40.4 Å². The summed E-state index contributed by atoms with van der Waals surface area (Å²) in [7, 11) is 0. The number of rotatable bonds is 2. The van der Waals surface area contributed by atoms with Crippen molar-refractivity contribution in [2.45, 2.75) is 6.92 Å². The topological polar surface area (TPSA) is 17.1 Å². The molecule has 0 amide bonds. The Morgan fingerprint density at radius 2 is 1.92 bits per heavy atom. The van der Waals surface area contributed by atoms with Gasteiger partial charge in [-0.05, 0) is 41.8 Å². The SMILES string of the molecule is C/C(=C\C(=O)Cl)c1ccc(Br)cc1. The summed E-state index contributed by atoms with van der Waals surface area (Å²) in [5, 5.41) is -0.444. The molecule has 1 rings (SSSR count). The Bertz CT molecular complexity index is 340. The van der Waals surface area contributed by atoms with Crippen molar-refractivity contribution >= 4 is 38.3 Å². The number of benzene rings is 1. The van der Waals surface area contributed by atoms with Crippen LogP contribution in [0.4, 0.5) is 0 Å². The van der Waals surface area contributed by atoms with Crippen molar-refractivity contribution in [1.29, 1.82) is 0 Å². The first-order valence-corrected chi connectivity index (χ1v) is 4.90. The number of allylic oxidation sites excluding steroid dienone is 2. The van der Waals surface area contributed by atoms with Crippen LogP contribution in [0.25, 0.3) is 5.57 Å². The predicted octanol–water partition coefficient (Wildman–Crippen LogP) is 3.62. The van der Waals surface area contributed by atoms with E-state index in [1.807, 2.05) is 31.2 Å². The zero-order valence-electron chi connectivity index (χ0n) is 7.05. The van der Waals surface area contributed by atoms with Gasteiger partial charge in [-0.3, -0.25) is 4.79 Å². The molecule has 0 unspecified atom stereocenters. The average Bonchev–Trinajstić information content (AvgIpc) is 2.04. The van der Waals surface area contributed by atoms with E-state index in [2.05, 4.69) is 15.9 Å². The van der Waals surface area contributed by atoms with E-state index < -0.39 is 5.24 Å². The first-order chi connectivity index (χ1) is 6.09. The van der Waals surface area contributed by atoms with Gasteiger partial charge in [0.2, 0.25) is 5.24 Å². The van der Waals surface area contributed by atoms with Gasteiger partial charge in [0.1, 0.15) is 0 Å². The van der Waals surface area contributed by atoms with Gasteiger partial charge < -0.3 is 0 Å². The molecule has 0 heterocycles. The van der Waals surface area contributed by atoms with Crippen LogP contribution in [-0.4, -0.2) is 5.24 Å². The van der Waals surface area contributed by atoms with Crippen molar-refractivity contribution in [2.24, 2.45) is 0 Å². The van der Waals surface area contributed by atoms with Crippen molar-refractivity contribution in [2.75, 3.05) is 0 Å². The van der Waals surface area contributed by atoms with E-state index in [4.69, 9.17) is 11.6 Å². The number of halogens is 2. The van der Waals surface area contributed by atoms with Gasteiger partial charge in [-0.2, -0.15) is 0 Å². The minimum absolute atomic E-state index is 0.444. The fourth-order valence-electron chi connectivity index (χ4n) is 0.966. The van der Waals surface area contributed by atoms with Crippen molar-refractivity contribution in [3.63, 3.8) is 0 Å². The van der Waals surface area contributed by atoms with Crippen molar-refractivity contribution < 1.29 is 4.79 Å². The molecule has 1 aromatic carbocycles. The maximum absolute atomic E-state index is 10.6. The lowest BCUT2D eigenvalue weighted by Gasteiger charge is -1.99. The third kappa shape index (κ3) is 3.33. The van der Waals surface area contributed by atoms with Crippen LogP contribution >= 0.6 is 27.5 Å². The summed E-state index contributed by atoms with van der Waals surface area (Å²) in [6.45, 7) is 1.85. The molecule has 0 N–H and O–H groups in total. The Labute approximate surface area is 90.5 Å². The number of carbonyl (C=O) groups is 1. The zero-order chi connectivity index (χ0) is 9.84. The summed E-state index contributed by atoms with van der Waals surface area (Å²) in [6, 6.07) is 7.70. The van der Waals surface area contributed by atoms with Crippen LogP contribution in [0.1, 0.15) is 12.5 Å². The summed E-state index contributed by atoms with van der Waals surface area (Å²) in [4.78, 5) is 10.6. The molecule has 0 spiro atoms. The summed E-state index contributed by atoms with van der Waals surface area (Å²) < 4.78 is 1.02. The van der Waals surface area contributed by atoms with Gasteiger partial charge in [0.05, 0.1) is 0 Å². The zero-order valence-corrected chi connectivity index (χ0v) is 9.39. The summed E-state index contributed by atoms with van der Waals surface area (Å²) in [5.74, 6) is 0. The van der Waals surface area contributed by atoms with Crippen LogP contribution in [0.2, 0.25) is 0 Å². The fraction of sp³-hybridized carbons (Fsp3) is 0.100. The van der Waals surface area contributed by atoms with Crippen LogP contribution in [0.15, 0.2) is 34.8 Å². The highest BCUT2D eigenvalue weighted by molar-refractivity contribution is 9.10. The predicted molar refractivity (Wildman–Crippen MR) is 58.7 cm³/mol. The second-order valence-electron chi connectivity index (χ2n) is 2.64. The molecular weight excluding hydrogens is 251 g/mol. The first kappa shape index (κ1) is 10.5. The van der Waals surface area contributed by atoms with Crippen LogP contribution in [0, 0.1) is 0 Å². The third-order valence-electron chi connectivity index (χ3n) is 1.63. The van der Waals surface area contributed by atoms with Gasteiger partial charge in [0.15, 0.2) is 0 Å². The quantitative estimate of drug-likeness (QED) is 0.586. The average molecular weight is 260 g/mol. The number of carbonyl (C=O) groups excluding carboxylic acids is 1. The van der Waals surface area contributed by atoms with Gasteiger partial charge in [-0.1, -0.05) is 28.1 Å². The first-order valence-electron chi connectivity index (χ1n) is 3.73. The summed E-state index contributed by atoms with van der Waals surface area (Å²) >= 11 is 8.56. The largest absolute Gasteiger partial charge is 0.276 e. The Hall–Kier alpha value is -0.600. The Morgan fingerprint density at radius 3 is 2.38 bits per heavy atom. The third-order valence-corrected chi connectivity index (χ3v) is 2.27. The minimum atomic E-state index is -0.444. The van der Waals surface area contributed by atoms with Crippen LogP contribution < -0.4 is 0 Å². The van der Waals surface area contributed by atoms with Gasteiger partial charge in [0.25, 0.3) is 0 Å². The molecule has 0 fully saturated rings. The molecule has 68 valence electrons. The van der Waals surface area contributed by atoms with Crippen molar-refractivity contribution in [3.8, 4) is 0 Å². The molecule has 0 atom stereocenters. The van der Waals surface area contributed by atoms with E-state index in [1.165, 1.54) is 6.08 Å². The van der Waals surface area contributed by atoms with E-state index >= 15 is 0 Å². The Morgan fingerprint density at radius 1 is 1.38 bits per heavy atom. The second-order valence-corrected chi connectivity index (χ2v) is 3.93. The molecule has 0 radical (unpaired) electrons. The second kappa shape index (κ2) is 4.58. The van der Waals surface area contributed by atoms with Crippen molar-refractivity contribution in [1.82, 2.24) is 0 Å². The number of hydrogen-bond acceptors (Lipinski definition) is 1. The molecular formula is C10H8BrClO. The van der Waals surface area contributed by atoms with Gasteiger partial charge >= 0.3 is 0 Å². The monoisotopic (exact) mass is 258 g/mol. The maximum atomic E-state index is 10.6. The summed E-state index contributed by atoms with van der Waals surface area (Å²) in [6.07, 6.45) is 1.41. The minimum Gasteiger partial charge on any atom is -0.276 e. The molecule has 1 nitrogen and oxygen atoms in total. The van der Waals surface area contributed by atoms with Gasteiger partial charge in [-0.25, -0.2) is 0 Å². The molecule has 0 aliphatic carbocycles. The molecule has 3 heteroatoms. The lowest BCUT2D eigenvalue weighted by molar-refractivity contribution is -0.107. The number of hydrogen-bond donors (Lipinski definition) is 0. The van der Waals surface area contributed by atoms with E-state index in [0.717, 1.165) is 15.6 Å². The van der Waals surface area contributed by atoms with Crippen LogP contribution in [0.5, 0.6) is 0 Å². The highest BCUT2D eigenvalue weighted by Crippen LogP contribution is 2.17. The molecule has 0 aliphatic heterocycles. The normalized spacial score (nSPS) is 11.5. The highest BCUT2D eigenvalue weighted by atomic mass is 79.9. The maximum Gasteiger partial charge on any atom is 0.245 e. The van der Waals surface area contributed by atoms with E-state index in [1.54, 1.807) is 0 Å². The highest BCUT2D eigenvalue weighted by Gasteiger charge is 1.97. The van der Waals surface area contributed by atoms with E-state index in [0.29, 0.717) is 0 Å². The Kier molecular flexibility index (Phi) is 3.70. The molecule has 0 aromatic heterocycles. The van der Waals surface area contributed by atoms with Crippen LogP contribution in [-0.2, 0) is 4.79 Å². The Balaban J connectivity index is 2.96. The lowest BCUT2D eigenvalue weighted by atomic mass is 10.1. The fourth-order valence-corrected chi connectivity index (χ4v) is 1.39. The van der Waals surface area contributed by atoms with E-state index in [-0.39, 0.29) is 0 Å². The van der Waals surface area contributed by atoms with E-state index in [9.17, 15) is 4.79 Å². The van der Waals surface area contributed by atoms with Crippen LogP contribution in [0.3, 0.4) is 0 Å². The smallest absolute Gasteiger partial charge is 0.245 e. The molecule has 1 aromatic rings. The van der Waals surface area contributed by atoms with Gasteiger partial charge in [-0.15, -0.1) is 0 Å². The summed E-state index contributed by atoms with van der Waals surface area (Å²) in [5.41, 5.74) is 1.87. The molecule has 0 saturated carbocycles.